The zero-order valence-electron chi connectivity index (χ0n) is 15.2. The Hall–Kier alpha value is -1.90. The molecule has 0 saturated heterocycles. The number of hydrogen-bond acceptors (Lipinski definition) is 6. The zero-order chi connectivity index (χ0) is 19.4. The van der Waals surface area contributed by atoms with Gasteiger partial charge in [0.25, 0.3) is 0 Å². The molecular formula is C18H22ClN3O4S. The Balaban J connectivity index is 1.60. The molecule has 1 fully saturated rings. The van der Waals surface area contributed by atoms with Crippen LogP contribution in [0.4, 0.5) is 0 Å². The second-order valence-electron chi connectivity index (χ2n) is 6.55. The first kappa shape index (κ1) is 19.9. The number of sulfonamides is 1. The van der Waals surface area contributed by atoms with Crippen molar-refractivity contribution >= 4 is 21.6 Å². The van der Waals surface area contributed by atoms with Crippen LogP contribution in [0.1, 0.15) is 31.2 Å². The summed E-state index contributed by atoms with van der Waals surface area (Å²) in [6, 6.07) is 5.24. The van der Waals surface area contributed by atoms with Gasteiger partial charge in [-0.2, -0.15) is 0 Å². The zero-order valence-corrected chi connectivity index (χ0v) is 16.8. The molecule has 1 aliphatic carbocycles. The molecule has 146 valence electrons. The summed E-state index contributed by atoms with van der Waals surface area (Å²) in [5.41, 5.74) is 0.858. The van der Waals surface area contributed by atoms with Crippen LogP contribution in [0.5, 0.6) is 11.8 Å². The lowest BCUT2D eigenvalue weighted by molar-refractivity contribution is 0.132. The van der Waals surface area contributed by atoms with Gasteiger partial charge in [0.05, 0.1) is 24.5 Å². The Morgan fingerprint density at radius 3 is 2.44 bits per heavy atom. The van der Waals surface area contributed by atoms with Crippen LogP contribution in [0, 0.1) is 6.92 Å². The van der Waals surface area contributed by atoms with E-state index in [0.717, 1.165) is 5.56 Å². The maximum atomic E-state index is 12.8. The highest BCUT2D eigenvalue weighted by Crippen LogP contribution is 2.27. The van der Waals surface area contributed by atoms with E-state index in [1.807, 2.05) is 13.0 Å². The van der Waals surface area contributed by atoms with Crippen molar-refractivity contribution in [3.8, 4) is 11.8 Å². The molecule has 3 rings (SSSR count). The molecule has 9 heteroatoms. The third kappa shape index (κ3) is 5.09. The summed E-state index contributed by atoms with van der Waals surface area (Å²) in [4.78, 5) is 8.22. The van der Waals surface area contributed by atoms with Gasteiger partial charge in [-0.1, -0.05) is 17.7 Å². The van der Waals surface area contributed by atoms with Gasteiger partial charge in [0.1, 0.15) is 16.7 Å². The van der Waals surface area contributed by atoms with Gasteiger partial charge >= 0.3 is 6.01 Å². The molecular weight excluding hydrogens is 390 g/mol. The predicted octanol–water partition coefficient (Wildman–Crippen LogP) is 3.12. The Labute approximate surface area is 164 Å². The van der Waals surface area contributed by atoms with Crippen LogP contribution < -0.4 is 14.2 Å². The number of aryl methyl sites for hydroxylation is 1. The van der Waals surface area contributed by atoms with Gasteiger partial charge in [0, 0.05) is 6.04 Å². The first-order chi connectivity index (χ1) is 12.9. The Morgan fingerprint density at radius 2 is 1.81 bits per heavy atom. The molecule has 1 heterocycles. The molecule has 1 N–H and O–H groups in total. The lowest BCUT2D eigenvalue weighted by atomic mass is 9.94. The topological polar surface area (TPSA) is 90.4 Å². The molecule has 0 aliphatic heterocycles. The van der Waals surface area contributed by atoms with Gasteiger partial charge < -0.3 is 9.47 Å². The van der Waals surface area contributed by atoms with Crippen LogP contribution in [-0.2, 0) is 10.0 Å². The quantitative estimate of drug-likeness (QED) is 0.785. The standard InChI is InChI=1S/C18H22ClN3O4S/c1-12-3-8-16(25-2)17(9-12)27(23,24)22-14-4-6-15(7-5-14)26-18-20-10-13(19)11-21-18/h3,8-11,14-15,22H,4-7H2,1-2H3. The summed E-state index contributed by atoms with van der Waals surface area (Å²) < 4.78 is 39.3. The fourth-order valence-corrected chi connectivity index (χ4v) is 4.74. The fraction of sp³-hybridized carbons (Fsp3) is 0.444. The third-order valence-electron chi connectivity index (χ3n) is 4.47. The summed E-state index contributed by atoms with van der Waals surface area (Å²) >= 11 is 5.76. The number of methoxy groups -OCH3 is 1. The highest BCUT2D eigenvalue weighted by molar-refractivity contribution is 7.89. The number of rotatable bonds is 6. The molecule has 1 aliphatic rings. The van der Waals surface area contributed by atoms with E-state index >= 15 is 0 Å². The Kier molecular flexibility index (Phi) is 6.18. The maximum absolute atomic E-state index is 12.8. The first-order valence-electron chi connectivity index (χ1n) is 8.68. The molecule has 1 aromatic heterocycles. The van der Waals surface area contributed by atoms with Crippen LogP contribution in [0.25, 0.3) is 0 Å². The van der Waals surface area contributed by atoms with Crippen LogP contribution >= 0.6 is 11.6 Å². The van der Waals surface area contributed by atoms with E-state index in [-0.39, 0.29) is 23.1 Å². The van der Waals surface area contributed by atoms with Crippen LogP contribution in [0.2, 0.25) is 5.02 Å². The van der Waals surface area contributed by atoms with E-state index in [4.69, 9.17) is 21.1 Å². The second kappa shape index (κ2) is 8.41. The van der Waals surface area contributed by atoms with E-state index in [9.17, 15) is 8.42 Å². The van der Waals surface area contributed by atoms with Crippen molar-refractivity contribution in [2.75, 3.05) is 7.11 Å². The van der Waals surface area contributed by atoms with Crippen molar-refractivity contribution in [3.05, 3.63) is 41.2 Å². The predicted molar refractivity (Wildman–Crippen MR) is 102 cm³/mol. The molecule has 0 radical (unpaired) electrons. The molecule has 27 heavy (non-hydrogen) atoms. The molecule has 1 aromatic carbocycles. The van der Waals surface area contributed by atoms with Crippen LogP contribution in [-0.4, -0.2) is 37.6 Å². The second-order valence-corrected chi connectivity index (χ2v) is 8.67. The fourth-order valence-electron chi connectivity index (χ4n) is 3.09. The van der Waals surface area contributed by atoms with Gasteiger partial charge in [0.15, 0.2) is 0 Å². The highest BCUT2D eigenvalue weighted by atomic mass is 35.5. The third-order valence-corrected chi connectivity index (χ3v) is 6.21. The number of halogens is 1. The summed E-state index contributed by atoms with van der Waals surface area (Å²) in [6.45, 7) is 1.85. The SMILES string of the molecule is COc1ccc(C)cc1S(=O)(=O)NC1CCC(Oc2ncc(Cl)cn2)CC1. The summed E-state index contributed by atoms with van der Waals surface area (Å²) in [7, 11) is -2.20. The van der Waals surface area contributed by atoms with Crippen LogP contribution in [0.15, 0.2) is 35.5 Å². The monoisotopic (exact) mass is 411 g/mol. The number of nitrogens with zero attached hydrogens (tertiary/aromatic N) is 2. The van der Waals surface area contributed by atoms with E-state index in [0.29, 0.717) is 36.5 Å². The minimum absolute atomic E-state index is 0.0413. The van der Waals surface area contributed by atoms with E-state index in [2.05, 4.69) is 14.7 Å². The Bertz CT molecular complexity index is 882. The van der Waals surface area contributed by atoms with Gasteiger partial charge in [-0.15, -0.1) is 0 Å². The van der Waals surface area contributed by atoms with Crippen molar-refractivity contribution < 1.29 is 17.9 Å². The van der Waals surface area contributed by atoms with E-state index in [1.54, 1.807) is 12.1 Å². The van der Waals surface area contributed by atoms with E-state index < -0.39 is 10.0 Å². The smallest absolute Gasteiger partial charge is 0.316 e. The number of nitrogens with one attached hydrogen (secondary N) is 1. The molecule has 2 aromatic rings. The van der Waals surface area contributed by atoms with Gasteiger partial charge in [-0.3, -0.25) is 0 Å². The van der Waals surface area contributed by atoms with Crippen LogP contribution in [0.3, 0.4) is 0 Å². The highest BCUT2D eigenvalue weighted by Gasteiger charge is 2.28. The normalized spacial score (nSPS) is 20.3. The van der Waals surface area contributed by atoms with Crippen molar-refractivity contribution in [1.29, 1.82) is 0 Å². The molecule has 0 amide bonds. The number of ether oxygens (including phenoxy) is 2. The average Bonchev–Trinajstić information content (AvgIpc) is 2.65. The molecule has 0 atom stereocenters. The van der Waals surface area contributed by atoms with Gasteiger partial charge in [-0.25, -0.2) is 23.1 Å². The summed E-state index contributed by atoms with van der Waals surface area (Å²) in [5, 5.41) is 0.451. The average molecular weight is 412 g/mol. The number of hydrogen-bond donors (Lipinski definition) is 1. The van der Waals surface area contributed by atoms with Gasteiger partial charge in [0.2, 0.25) is 10.0 Å². The lowest BCUT2D eigenvalue weighted by Crippen LogP contribution is -2.39. The van der Waals surface area contributed by atoms with E-state index in [1.165, 1.54) is 19.5 Å². The maximum Gasteiger partial charge on any atom is 0.316 e. The number of benzene rings is 1. The van der Waals surface area contributed by atoms with Crippen molar-refractivity contribution in [1.82, 2.24) is 14.7 Å². The summed E-state index contributed by atoms with van der Waals surface area (Å²) in [5.74, 6) is 0.338. The molecule has 1 saturated carbocycles. The van der Waals surface area contributed by atoms with Crippen molar-refractivity contribution in [2.45, 2.75) is 49.6 Å². The molecule has 7 nitrogen and oxygen atoms in total. The Morgan fingerprint density at radius 1 is 1.15 bits per heavy atom. The molecule has 0 bridgehead atoms. The molecule has 0 unspecified atom stereocenters. The van der Waals surface area contributed by atoms with Crippen molar-refractivity contribution in [2.24, 2.45) is 0 Å². The minimum atomic E-state index is -3.66. The van der Waals surface area contributed by atoms with Gasteiger partial charge in [-0.05, 0) is 50.3 Å². The minimum Gasteiger partial charge on any atom is -0.495 e. The lowest BCUT2D eigenvalue weighted by Gasteiger charge is -2.28. The molecule has 0 spiro atoms. The number of aromatic nitrogens is 2. The largest absolute Gasteiger partial charge is 0.495 e. The first-order valence-corrected chi connectivity index (χ1v) is 10.5. The summed E-state index contributed by atoms with van der Waals surface area (Å²) in [6.07, 6.45) is 5.70. The van der Waals surface area contributed by atoms with Crippen molar-refractivity contribution in [3.63, 3.8) is 0 Å².